The van der Waals surface area contributed by atoms with Crippen LogP contribution >= 0.6 is 0 Å². The van der Waals surface area contributed by atoms with Crippen LogP contribution < -0.4 is 5.32 Å². The normalized spacial score (nSPS) is 12.8. The minimum atomic E-state index is 0.514. The van der Waals surface area contributed by atoms with Gasteiger partial charge in [0, 0.05) is 12.6 Å². The fourth-order valence-corrected chi connectivity index (χ4v) is 1.46. The van der Waals surface area contributed by atoms with Gasteiger partial charge in [0.2, 0.25) is 0 Å². The van der Waals surface area contributed by atoms with Crippen LogP contribution in [0.5, 0.6) is 0 Å². The molecule has 0 atom stereocenters. The summed E-state index contributed by atoms with van der Waals surface area (Å²) in [5, 5.41) is 3.44. The largest absolute Gasteiger partial charge is 0.462 e. The molecular weight excluding hydrogens is 198 g/mol. The standard InChI is InChI=1S/C14H23NO/c1-10(2)13(9-15-11(3)4)8-14-7-6-12(5)16-14/h6-8,10-11,15H,9H2,1-5H3. The van der Waals surface area contributed by atoms with E-state index in [1.54, 1.807) is 0 Å². The molecule has 0 unspecified atom stereocenters. The lowest BCUT2D eigenvalue weighted by Gasteiger charge is -2.14. The Morgan fingerprint density at radius 1 is 1.31 bits per heavy atom. The Kier molecular flexibility index (Phi) is 4.81. The molecular formula is C14H23NO. The average molecular weight is 221 g/mol. The first-order valence-electron chi connectivity index (χ1n) is 5.99. The highest BCUT2D eigenvalue weighted by atomic mass is 16.3. The van der Waals surface area contributed by atoms with Gasteiger partial charge in [-0.25, -0.2) is 0 Å². The van der Waals surface area contributed by atoms with E-state index >= 15 is 0 Å². The molecule has 0 saturated heterocycles. The monoisotopic (exact) mass is 221 g/mol. The van der Waals surface area contributed by atoms with Gasteiger partial charge in [0.25, 0.3) is 0 Å². The van der Waals surface area contributed by atoms with Crippen molar-refractivity contribution in [3.63, 3.8) is 0 Å². The van der Waals surface area contributed by atoms with Crippen LogP contribution in [0.15, 0.2) is 22.1 Å². The van der Waals surface area contributed by atoms with Gasteiger partial charge in [-0.15, -0.1) is 0 Å². The summed E-state index contributed by atoms with van der Waals surface area (Å²) in [6.07, 6.45) is 2.15. The van der Waals surface area contributed by atoms with Gasteiger partial charge in [0.1, 0.15) is 11.5 Å². The number of aryl methyl sites for hydroxylation is 1. The average Bonchev–Trinajstić information content (AvgIpc) is 2.57. The Hall–Kier alpha value is -1.02. The first-order valence-corrected chi connectivity index (χ1v) is 5.99. The molecule has 0 aliphatic rings. The van der Waals surface area contributed by atoms with E-state index in [2.05, 4.69) is 39.1 Å². The maximum Gasteiger partial charge on any atom is 0.127 e. The molecule has 0 spiro atoms. The fourth-order valence-electron chi connectivity index (χ4n) is 1.46. The molecule has 0 aromatic carbocycles. The van der Waals surface area contributed by atoms with Crippen molar-refractivity contribution in [2.24, 2.45) is 5.92 Å². The van der Waals surface area contributed by atoms with E-state index in [-0.39, 0.29) is 0 Å². The van der Waals surface area contributed by atoms with Crippen LogP contribution in [0.1, 0.15) is 39.2 Å². The van der Waals surface area contributed by atoms with Gasteiger partial charge >= 0.3 is 0 Å². The molecule has 0 bridgehead atoms. The summed E-state index contributed by atoms with van der Waals surface area (Å²) in [6, 6.07) is 4.53. The summed E-state index contributed by atoms with van der Waals surface area (Å²) in [5.41, 5.74) is 1.38. The summed E-state index contributed by atoms with van der Waals surface area (Å²) in [5.74, 6) is 2.45. The third kappa shape index (κ3) is 4.23. The van der Waals surface area contributed by atoms with Crippen molar-refractivity contribution in [3.8, 4) is 0 Å². The number of nitrogens with one attached hydrogen (secondary N) is 1. The van der Waals surface area contributed by atoms with Gasteiger partial charge in [-0.2, -0.15) is 0 Å². The third-order valence-corrected chi connectivity index (χ3v) is 2.54. The molecule has 0 aliphatic carbocycles. The lowest BCUT2D eigenvalue weighted by molar-refractivity contribution is 0.522. The Morgan fingerprint density at radius 3 is 2.44 bits per heavy atom. The van der Waals surface area contributed by atoms with Crippen molar-refractivity contribution in [3.05, 3.63) is 29.2 Å². The van der Waals surface area contributed by atoms with Gasteiger partial charge in [-0.3, -0.25) is 0 Å². The van der Waals surface area contributed by atoms with Gasteiger partial charge in [-0.1, -0.05) is 33.3 Å². The second kappa shape index (κ2) is 5.90. The number of furan rings is 1. The summed E-state index contributed by atoms with van der Waals surface area (Å²) in [4.78, 5) is 0. The first kappa shape index (κ1) is 13.0. The molecule has 1 aromatic heterocycles. The molecule has 1 N–H and O–H groups in total. The zero-order chi connectivity index (χ0) is 12.1. The van der Waals surface area contributed by atoms with E-state index in [0.29, 0.717) is 12.0 Å². The minimum absolute atomic E-state index is 0.514. The van der Waals surface area contributed by atoms with Gasteiger partial charge < -0.3 is 9.73 Å². The lowest BCUT2D eigenvalue weighted by atomic mass is 10.0. The highest BCUT2D eigenvalue weighted by Crippen LogP contribution is 2.16. The second-order valence-electron chi connectivity index (χ2n) is 4.86. The Morgan fingerprint density at radius 2 is 2.00 bits per heavy atom. The molecule has 0 saturated carbocycles. The van der Waals surface area contributed by atoms with Crippen LogP contribution in [0, 0.1) is 12.8 Å². The zero-order valence-electron chi connectivity index (χ0n) is 11.0. The van der Waals surface area contributed by atoms with Crippen LogP contribution in [0.2, 0.25) is 0 Å². The predicted octanol–water partition coefficient (Wildman–Crippen LogP) is 3.63. The van der Waals surface area contributed by atoms with E-state index in [9.17, 15) is 0 Å². The molecule has 0 aliphatic heterocycles. The van der Waals surface area contributed by atoms with Crippen LogP contribution in [-0.4, -0.2) is 12.6 Å². The van der Waals surface area contributed by atoms with Gasteiger partial charge in [0.05, 0.1) is 0 Å². The van der Waals surface area contributed by atoms with E-state index in [4.69, 9.17) is 4.42 Å². The van der Waals surface area contributed by atoms with Crippen molar-refractivity contribution in [2.45, 2.75) is 40.7 Å². The molecule has 0 radical (unpaired) electrons. The fraction of sp³-hybridized carbons (Fsp3) is 0.571. The Bertz CT molecular complexity index is 347. The first-order chi connectivity index (χ1) is 7.49. The second-order valence-corrected chi connectivity index (χ2v) is 4.86. The van der Waals surface area contributed by atoms with E-state index in [1.165, 1.54) is 5.57 Å². The lowest BCUT2D eigenvalue weighted by Crippen LogP contribution is -2.26. The SMILES string of the molecule is Cc1ccc(C=C(CNC(C)C)C(C)C)o1. The third-order valence-electron chi connectivity index (χ3n) is 2.54. The summed E-state index contributed by atoms with van der Waals surface area (Å²) in [7, 11) is 0. The van der Waals surface area contributed by atoms with Crippen molar-refractivity contribution >= 4 is 6.08 Å². The van der Waals surface area contributed by atoms with E-state index in [1.807, 2.05) is 19.1 Å². The topological polar surface area (TPSA) is 25.2 Å². The molecule has 0 amide bonds. The van der Waals surface area contributed by atoms with Gasteiger partial charge in [-0.05, 0) is 31.1 Å². The molecule has 1 aromatic rings. The summed E-state index contributed by atoms with van der Waals surface area (Å²) in [6.45, 7) is 11.6. The minimum Gasteiger partial charge on any atom is -0.462 e. The quantitative estimate of drug-likeness (QED) is 0.821. The highest BCUT2D eigenvalue weighted by Gasteiger charge is 2.05. The summed E-state index contributed by atoms with van der Waals surface area (Å²) < 4.78 is 5.57. The van der Waals surface area contributed by atoms with Crippen molar-refractivity contribution in [2.75, 3.05) is 6.54 Å². The maximum atomic E-state index is 5.57. The molecule has 1 heterocycles. The molecule has 0 fully saturated rings. The molecule has 2 nitrogen and oxygen atoms in total. The number of hydrogen-bond donors (Lipinski definition) is 1. The smallest absolute Gasteiger partial charge is 0.127 e. The van der Waals surface area contributed by atoms with Crippen molar-refractivity contribution in [1.82, 2.24) is 5.32 Å². The van der Waals surface area contributed by atoms with Crippen LogP contribution in [0.4, 0.5) is 0 Å². The highest BCUT2D eigenvalue weighted by molar-refractivity contribution is 5.48. The van der Waals surface area contributed by atoms with Gasteiger partial charge in [0.15, 0.2) is 0 Å². The molecule has 16 heavy (non-hydrogen) atoms. The van der Waals surface area contributed by atoms with Crippen LogP contribution in [0.3, 0.4) is 0 Å². The maximum absolute atomic E-state index is 5.57. The number of rotatable bonds is 5. The molecule has 90 valence electrons. The van der Waals surface area contributed by atoms with Crippen LogP contribution in [0.25, 0.3) is 6.08 Å². The molecule has 2 heteroatoms. The van der Waals surface area contributed by atoms with E-state index < -0.39 is 0 Å². The van der Waals surface area contributed by atoms with Crippen LogP contribution in [-0.2, 0) is 0 Å². The van der Waals surface area contributed by atoms with E-state index in [0.717, 1.165) is 18.1 Å². The Balaban J connectivity index is 2.73. The number of hydrogen-bond acceptors (Lipinski definition) is 2. The summed E-state index contributed by atoms with van der Waals surface area (Å²) >= 11 is 0. The van der Waals surface area contributed by atoms with Crippen molar-refractivity contribution in [1.29, 1.82) is 0 Å². The zero-order valence-corrected chi connectivity index (χ0v) is 11.0. The van der Waals surface area contributed by atoms with Crippen molar-refractivity contribution < 1.29 is 4.42 Å². The molecule has 1 rings (SSSR count). The predicted molar refractivity (Wildman–Crippen MR) is 69.4 cm³/mol. The Labute approximate surface area is 98.7 Å².